The third-order valence-corrected chi connectivity index (χ3v) is 4.55. The number of amides is 1. The topological polar surface area (TPSA) is 77.0 Å². The van der Waals surface area contributed by atoms with Gasteiger partial charge in [-0.3, -0.25) is 4.79 Å². The molecule has 1 aliphatic rings. The van der Waals surface area contributed by atoms with Gasteiger partial charge in [-0.1, -0.05) is 24.3 Å². The summed E-state index contributed by atoms with van der Waals surface area (Å²) < 4.78 is 16.0. The van der Waals surface area contributed by atoms with Crippen LogP contribution in [-0.2, 0) is 16.8 Å². The lowest BCUT2D eigenvalue weighted by Crippen LogP contribution is -2.44. The highest BCUT2D eigenvalue weighted by Crippen LogP contribution is 2.36. The van der Waals surface area contributed by atoms with Crippen molar-refractivity contribution < 1.29 is 24.1 Å². The average Bonchev–Trinajstić information content (AvgIpc) is 2.67. The van der Waals surface area contributed by atoms with E-state index >= 15 is 0 Å². The molecule has 0 aliphatic carbocycles. The lowest BCUT2D eigenvalue weighted by molar-refractivity contribution is -0.122. The summed E-state index contributed by atoms with van der Waals surface area (Å²) in [6, 6.07) is 12.7. The molecule has 2 aromatic rings. The number of hydrogen-bond donors (Lipinski definition) is 2. The fourth-order valence-electron chi connectivity index (χ4n) is 3.11. The second kappa shape index (κ2) is 7.66. The smallest absolute Gasteiger partial charge is 0.224 e. The van der Waals surface area contributed by atoms with Crippen molar-refractivity contribution in [2.24, 2.45) is 0 Å². The molecule has 0 aromatic heterocycles. The molecule has 3 rings (SSSR count). The minimum Gasteiger partial charge on any atom is -0.493 e. The number of para-hydroxylation sites is 1. The number of nitrogens with one attached hydrogen (secondary N) is 1. The predicted octanol–water partition coefficient (Wildman–Crippen LogP) is 2.03. The zero-order chi connectivity index (χ0) is 18.6. The first-order valence-electron chi connectivity index (χ1n) is 8.48. The molecule has 0 spiro atoms. The van der Waals surface area contributed by atoms with Crippen LogP contribution in [0.3, 0.4) is 0 Å². The molecule has 1 heterocycles. The van der Waals surface area contributed by atoms with Crippen molar-refractivity contribution in [1.29, 1.82) is 0 Å². The van der Waals surface area contributed by atoms with Crippen LogP contribution in [0.25, 0.3) is 0 Å². The van der Waals surface area contributed by atoms with E-state index in [9.17, 15) is 9.90 Å². The van der Waals surface area contributed by atoms with Crippen LogP contribution < -0.4 is 19.5 Å². The van der Waals surface area contributed by atoms with Crippen molar-refractivity contribution in [2.45, 2.75) is 18.4 Å². The SMILES string of the molecule is COc1ccc(CC(=O)NC[C@]2(O)CCOc3ccccc32)cc1OC. The second-order valence-electron chi connectivity index (χ2n) is 6.27. The maximum absolute atomic E-state index is 12.3. The normalized spacial score (nSPS) is 18.4. The van der Waals surface area contributed by atoms with Crippen LogP contribution in [0.5, 0.6) is 17.2 Å². The highest BCUT2D eigenvalue weighted by Gasteiger charge is 2.35. The Kier molecular flexibility index (Phi) is 5.32. The third kappa shape index (κ3) is 3.75. The Bertz CT molecular complexity index is 792. The molecule has 0 fully saturated rings. The van der Waals surface area contributed by atoms with Gasteiger partial charge in [-0.2, -0.15) is 0 Å². The molecule has 1 atom stereocenters. The average molecular weight is 357 g/mol. The van der Waals surface area contributed by atoms with Crippen molar-refractivity contribution >= 4 is 5.91 Å². The lowest BCUT2D eigenvalue weighted by Gasteiger charge is -2.34. The summed E-state index contributed by atoms with van der Waals surface area (Å²) in [5.41, 5.74) is 0.388. The fourth-order valence-corrected chi connectivity index (χ4v) is 3.11. The molecule has 0 saturated carbocycles. The van der Waals surface area contributed by atoms with Crippen LogP contribution in [0.2, 0.25) is 0 Å². The first-order valence-corrected chi connectivity index (χ1v) is 8.48. The molecule has 26 heavy (non-hydrogen) atoms. The van der Waals surface area contributed by atoms with Gasteiger partial charge in [0.15, 0.2) is 11.5 Å². The van der Waals surface area contributed by atoms with Crippen LogP contribution in [0.15, 0.2) is 42.5 Å². The van der Waals surface area contributed by atoms with E-state index in [2.05, 4.69) is 5.32 Å². The number of fused-ring (bicyclic) bond motifs is 1. The van der Waals surface area contributed by atoms with Gasteiger partial charge < -0.3 is 24.6 Å². The van der Waals surface area contributed by atoms with Gasteiger partial charge in [0.2, 0.25) is 5.91 Å². The summed E-state index contributed by atoms with van der Waals surface area (Å²) in [5.74, 6) is 1.68. The fraction of sp³-hybridized carbons (Fsp3) is 0.350. The maximum Gasteiger partial charge on any atom is 0.224 e. The molecule has 1 amide bonds. The summed E-state index contributed by atoms with van der Waals surface area (Å²) in [6.45, 7) is 0.554. The van der Waals surface area contributed by atoms with E-state index in [1.807, 2.05) is 30.3 Å². The summed E-state index contributed by atoms with van der Waals surface area (Å²) >= 11 is 0. The van der Waals surface area contributed by atoms with Crippen LogP contribution in [0.4, 0.5) is 0 Å². The Labute approximate surface area is 152 Å². The number of aliphatic hydroxyl groups is 1. The molecule has 0 unspecified atom stereocenters. The standard InChI is InChI=1S/C20H23NO5/c1-24-17-8-7-14(11-18(17)25-2)12-19(22)21-13-20(23)9-10-26-16-6-4-3-5-15(16)20/h3-8,11,23H,9-10,12-13H2,1-2H3,(H,21,22)/t20-/m1/s1. The van der Waals surface area contributed by atoms with Crippen molar-refractivity contribution in [2.75, 3.05) is 27.4 Å². The Morgan fingerprint density at radius 1 is 1.19 bits per heavy atom. The molecule has 0 radical (unpaired) electrons. The number of benzene rings is 2. The van der Waals surface area contributed by atoms with Gasteiger partial charge in [0.1, 0.15) is 11.4 Å². The van der Waals surface area contributed by atoms with Crippen LogP contribution in [-0.4, -0.2) is 38.4 Å². The van der Waals surface area contributed by atoms with Gasteiger partial charge in [-0.05, 0) is 23.8 Å². The van der Waals surface area contributed by atoms with Crippen molar-refractivity contribution in [3.63, 3.8) is 0 Å². The first-order chi connectivity index (χ1) is 12.6. The van der Waals surface area contributed by atoms with Gasteiger partial charge in [0.05, 0.1) is 33.8 Å². The number of ether oxygens (including phenoxy) is 3. The molecule has 6 nitrogen and oxygen atoms in total. The molecule has 1 aliphatic heterocycles. The van der Waals surface area contributed by atoms with Crippen molar-refractivity contribution in [1.82, 2.24) is 5.32 Å². The molecule has 0 bridgehead atoms. The van der Waals surface area contributed by atoms with E-state index in [0.717, 1.165) is 5.56 Å². The van der Waals surface area contributed by atoms with Crippen LogP contribution in [0, 0.1) is 0 Å². The molecule has 0 saturated heterocycles. The number of rotatable bonds is 6. The quantitative estimate of drug-likeness (QED) is 0.827. The van der Waals surface area contributed by atoms with Gasteiger partial charge >= 0.3 is 0 Å². The predicted molar refractivity (Wildman–Crippen MR) is 96.7 cm³/mol. The minimum absolute atomic E-state index is 0.138. The number of hydrogen-bond acceptors (Lipinski definition) is 5. The Morgan fingerprint density at radius 2 is 1.96 bits per heavy atom. The zero-order valence-electron chi connectivity index (χ0n) is 15.0. The van der Waals surface area contributed by atoms with Gasteiger partial charge in [-0.15, -0.1) is 0 Å². The second-order valence-corrected chi connectivity index (χ2v) is 6.27. The molecular weight excluding hydrogens is 334 g/mol. The van der Waals surface area contributed by atoms with Crippen LogP contribution >= 0.6 is 0 Å². The molecule has 2 aromatic carbocycles. The largest absolute Gasteiger partial charge is 0.493 e. The summed E-state index contributed by atoms with van der Waals surface area (Å²) in [4.78, 5) is 12.3. The molecule has 138 valence electrons. The maximum atomic E-state index is 12.3. The van der Waals surface area contributed by atoms with E-state index in [1.54, 1.807) is 26.4 Å². The Morgan fingerprint density at radius 3 is 2.73 bits per heavy atom. The van der Waals surface area contributed by atoms with E-state index in [0.29, 0.717) is 35.8 Å². The lowest BCUT2D eigenvalue weighted by atomic mass is 9.88. The van der Waals surface area contributed by atoms with Gasteiger partial charge in [-0.25, -0.2) is 0 Å². The monoisotopic (exact) mass is 357 g/mol. The van der Waals surface area contributed by atoms with Crippen molar-refractivity contribution in [3.8, 4) is 17.2 Å². The van der Waals surface area contributed by atoms with Crippen molar-refractivity contribution in [3.05, 3.63) is 53.6 Å². The summed E-state index contributed by atoms with van der Waals surface area (Å²) in [7, 11) is 3.12. The number of carbonyl (C=O) groups is 1. The Hall–Kier alpha value is -2.73. The molecule has 6 heteroatoms. The number of methoxy groups -OCH3 is 2. The summed E-state index contributed by atoms with van der Waals surface area (Å²) in [6.07, 6.45) is 0.620. The van der Waals surface area contributed by atoms with Gasteiger partial charge in [0, 0.05) is 12.0 Å². The zero-order valence-corrected chi connectivity index (χ0v) is 15.0. The van der Waals surface area contributed by atoms with E-state index in [4.69, 9.17) is 14.2 Å². The molecular formula is C20H23NO5. The minimum atomic E-state index is -1.12. The van der Waals surface area contributed by atoms with E-state index in [1.165, 1.54) is 0 Å². The third-order valence-electron chi connectivity index (χ3n) is 4.55. The van der Waals surface area contributed by atoms with E-state index in [-0.39, 0.29) is 18.9 Å². The van der Waals surface area contributed by atoms with Gasteiger partial charge in [0.25, 0.3) is 0 Å². The highest BCUT2D eigenvalue weighted by molar-refractivity contribution is 5.79. The van der Waals surface area contributed by atoms with Crippen LogP contribution in [0.1, 0.15) is 17.5 Å². The van der Waals surface area contributed by atoms with E-state index < -0.39 is 5.60 Å². The Balaban J connectivity index is 1.65. The summed E-state index contributed by atoms with van der Waals surface area (Å²) in [5, 5.41) is 13.8. The number of carbonyl (C=O) groups excluding carboxylic acids is 1. The molecule has 2 N–H and O–H groups in total. The highest BCUT2D eigenvalue weighted by atomic mass is 16.5. The first kappa shape index (κ1) is 18.1.